The Balaban J connectivity index is 0.821. The van der Waals surface area contributed by atoms with Crippen LogP contribution in [0.2, 0.25) is 0 Å². The molecule has 0 aromatic heterocycles. The molecule has 14 rings (SSSR count). The summed E-state index contributed by atoms with van der Waals surface area (Å²) in [7, 11) is 12.3. The van der Waals surface area contributed by atoms with Crippen molar-refractivity contribution in [2.45, 2.75) is 173 Å². The van der Waals surface area contributed by atoms with Gasteiger partial charge >= 0.3 is 23.9 Å². The van der Waals surface area contributed by atoms with E-state index in [1.54, 1.807) is 103 Å². The number of unbranched alkanes of at least 4 members (excludes halogenated alkanes) is 1. The lowest BCUT2D eigenvalue weighted by molar-refractivity contribution is -0.323. The van der Waals surface area contributed by atoms with Crippen molar-refractivity contribution in [3.05, 3.63) is 71.8 Å². The molecule has 12 fully saturated rings. The number of carbonyl (C=O) groups is 4. The lowest BCUT2D eigenvalue weighted by Crippen LogP contribution is -2.81. The van der Waals surface area contributed by atoms with Crippen molar-refractivity contribution in [2.75, 3.05) is 96.3 Å². The van der Waals surface area contributed by atoms with Crippen molar-refractivity contribution < 1.29 is 107 Å². The van der Waals surface area contributed by atoms with Crippen LogP contribution in [0.1, 0.15) is 85.9 Å². The maximum atomic E-state index is 15.5. The highest BCUT2D eigenvalue weighted by atomic mass is 16.6. The molecule has 30 atom stereocenters. The highest BCUT2D eigenvalue weighted by Crippen LogP contribution is 2.83. The summed E-state index contributed by atoms with van der Waals surface area (Å²) >= 11 is 0. The smallest absolute Gasteiger partial charge is 0.338 e. The summed E-state index contributed by atoms with van der Waals surface area (Å²) in [5.74, 6) is -9.52. The second-order valence-corrected chi connectivity index (χ2v) is 29.8. The molecule has 518 valence electrons. The van der Waals surface area contributed by atoms with Crippen LogP contribution in [0.15, 0.2) is 60.7 Å². The Hall–Kier alpha value is -4.32. The van der Waals surface area contributed by atoms with E-state index in [0.29, 0.717) is 26.2 Å². The molecule has 0 radical (unpaired) electrons. The van der Waals surface area contributed by atoms with Crippen LogP contribution < -0.4 is 0 Å². The molecular formula is C70H96N2O22. The van der Waals surface area contributed by atoms with Crippen LogP contribution in [0, 0.1) is 69.0 Å². The van der Waals surface area contributed by atoms with E-state index in [1.807, 2.05) is 13.8 Å². The van der Waals surface area contributed by atoms with E-state index >= 15 is 9.59 Å². The van der Waals surface area contributed by atoms with Gasteiger partial charge in [0.25, 0.3) is 0 Å². The van der Waals surface area contributed by atoms with Crippen molar-refractivity contribution in [2.24, 2.45) is 69.0 Å². The third-order valence-electron chi connectivity index (χ3n) is 27.3. The van der Waals surface area contributed by atoms with Crippen LogP contribution in [0.5, 0.6) is 0 Å². The summed E-state index contributed by atoms with van der Waals surface area (Å²) in [6, 6.07) is 15.6. The molecule has 24 nitrogen and oxygen atoms in total. The Kier molecular flexibility index (Phi) is 16.9. The molecule has 2 aromatic carbocycles. The SMILES string of the molecule is CCN1C[C@]2(COC)[C@H](O)C[C@H](OC)[C@@]34[C@@H]5C[C@@]6(O)[C@H](OC(=O)c7ccccc7)[C@@H]5[C@@](OC(=O)CCCCC(=O)O[C@@]57[C@@H]8[C@H](OC)[C@@H]9[C@]%10(COC)CN(CC)[C@H]8[C@]9([C@@H](OC)C[C@H]%10O)[C@@H]8C[C@@](O)([C@H](OC(=O)c9ccccc9)[C@@H]85)[C@@H](OC)[C@@H]7O)([C@H]([C@H](OC)[C@H]23)[C@@H]14)[C@@H](O)[C@@H]6OC. The minimum Gasteiger partial charge on any atom is -0.455 e. The van der Waals surface area contributed by atoms with Gasteiger partial charge in [-0.1, -0.05) is 50.2 Å². The van der Waals surface area contributed by atoms with Crippen LogP contribution >= 0.6 is 0 Å². The van der Waals surface area contributed by atoms with Crippen molar-refractivity contribution in [3.63, 3.8) is 0 Å². The average molecular weight is 1320 g/mol. The minimum absolute atomic E-state index is 0.0382. The molecule has 10 aliphatic carbocycles. The van der Waals surface area contributed by atoms with Gasteiger partial charge in [-0.25, -0.2) is 9.59 Å². The molecule has 0 amide bonds. The molecule has 2 aromatic rings. The Morgan fingerprint density at radius 1 is 0.500 bits per heavy atom. The molecule has 14 bridgehead atoms. The van der Waals surface area contributed by atoms with Crippen LogP contribution in [0.4, 0.5) is 0 Å². The zero-order valence-corrected chi connectivity index (χ0v) is 55.5. The van der Waals surface area contributed by atoms with Gasteiger partial charge in [-0.2, -0.15) is 0 Å². The zero-order chi connectivity index (χ0) is 66.8. The molecular weight excluding hydrogens is 1220 g/mol. The standard InChI is InChI=1S/C70H96N2O22/c1-11-71-31-63(33-83-3)39(73)27-41(85-5)67-37-29-65(81)57(91-61(79)35-21-15-13-16-22-35)45(37)69(55(77)59(65)89-9,47(53(67)71)49(87-7)51(63)67)93-43(75)25-19-20-26-44(76)94-70-46-38(30-66(82,60(90-10)56(70)78)58(46)92-62(80)36-23-17-14-18-24-36)68-42(86-6)28-40(74)64(34-84-4)32-72(12-2)54(68)48(70)50(88-8)52(64)68/h13-18,21-24,37-42,45-60,73-74,77-78,81-82H,11-12,19-20,25-34H2,1-10H3/t37-,38-,39-,40-,41+,42+,45-,46-,47-,48-,49+,50+,51-,52-,53-,54-,55+,56+,57-,58-,59+,60+,63+,64+,65-,66-,67+,68+,69-,70-/m1/s1. The number of esters is 4. The highest BCUT2D eigenvalue weighted by Gasteiger charge is 2.95. The second kappa shape index (κ2) is 23.7. The van der Waals surface area contributed by atoms with Gasteiger partial charge in [0.15, 0.2) is 11.2 Å². The first kappa shape index (κ1) is 66.9. The number of nitrogens with zero attached hydrogens (tertiary/aromatic N) is 2. The lowest BCUT2D eigenvalue weighted by atomic mass is 9.42. The number of fused-ring (bicyclic) bond motifs is 4. The van der Waals surface area contributed by atoms with Gasteiger partial charge in [-0.15, -0.1) is 0 Å². The second-order valence-electron chi connectivity index (χ2n) is 29.8. The van der Waals surface area contributed by atoms with Crippen LogP contribution in [0.3, 0.4) is 0 Å². The number of piperidine rings is 2. The molecule has 12 aliphatic rings. The normalized spacial score (nSPS) is 49.3. The van der Waals surface area contributed by atoms with Crippen molar-refractivity contribution in [1.29, 1.82) is 0 Å². The summed E-state index contributed by atoms with van der Waals surface area (Å²) in [5.41, 5.74) is -11.5. The predicted molar refractivity (Wildman–Crippen MR) is 328 cm³/mol. The van der Waals surface area contributed by atoms with E-state index in [1.165, 1.54) is 14.2 Å². The molecule has 2 aliphatic heterocycles. The van der Waals surface area contributed by atoms with E-state index in [-0.39, 0.29) is 75.7 Å². The number of likely N-dealkylation sites (tertiary alicyclic amines) is 2. The third-order valence-corrected chi connectivity index (χ3v) is 27.3. The molecule has 2 saturated heterocycles. The van der Waals surface area contributed by atoms with Gasteiger partial charge in [-0.3, -0.25) is 19.4 Å². The van der Waals surface area contributed by atoms with E-state index in [4.69, 9.17) is 56.8 Å². The van der Waals surface area contributed by atoms with E-state index in [0.717, 1.165) is 0 Å². The fourth-order valence-corrected chi connectivity index (χ4v) is 25.2. The van der Waals surface area contributed by atoms with E-state index in [9.17, 15) is 40.2 Å². The molecule has 10 saturated carbocycles. The Morgan fingerprint density at radius 2 is 0.872 bits per heavy atom. The molecule has 6 N–H and O–H groups in total. The van der Waals surface area contributed by atoms with Crippen LogP contribution in [-0.2, 0) is 66.4 Å². The van der Waals surface area contributed by atoms with Crippen LogP contribution in [0.25, 0.3) is 0 Å². The average Bonchev–Trinajstić information content (AvgIpc) is 1.45. The maximum Gasteiger partial charge on any atom is 0.338 e. The Morgan fingerprint density at radius 3 is 1.19 bits per heavy atom. The molecule has 2 heterocycles. The number of carbonyl (C=O) groups excluding carboxylic acids is 4. The lowest BCUT2D eigenvalue weighted by Gasteiger charge is -2.70. The highest BCUT2D eigenvalue weighted by molar-refractivity contribution is 5.90. The number of benzene rings is 2. The van der Waals surface area contributed by atoms with Crippen LogP contribution in [-0.4, -0.2) is 268 Å². The topological polar surface area (TPSA) is 307 Å². The molecule has 0 unspecified atom stereocenters. The summed E-state index contributed by atoms with van der Waals surface area (Å²) in [5, 5.41) is 78.9. The minimum atomic E-state index is -2.03. The number of aliphatic hydroxyl groups excluding tert-OH is 4. The number of hydrogen-bond donors (Lipinski definition) is 6. The van der Waals surface area contributed by atoms with Gasteiger partial charge in [0.05, 0.1) is 61.0 Å². The van der Waals surface area contributed by atoms with Crippen molar-refractivity contribution in [1.82, 2.24) is 9.80 Å². The number of hydrogen-bond acceptors (Lipinski definition) is 24. The maximum absolute atomic E-state index is 15.5. The molecule has 2 spiro atoms. The predicted octanol–water partition coefficient (Wildman–Crippen LogP) is 1.83. The van der Waals surface area contributed by atoms with E-state index < -0.39 is 201 Å². The van der Waals surface area contributed by atoms with Gasteiger partial charge < -0.3 is 87.5 Å². The quantitative estimate of drug-likeness (QED) is 0.0525. The monoisotopic (exact) mass is 1320 g/mol. The fraction of sp³-hybridized carbons (Fsp3) is 0.771. The fourth-order valence-electron chi connectivity index (χ4n) is 25.2. The summed E-state index contributed by atoms with van der Waals surface area (Å²) < 4.78 is 78.5. The first-order valence-corrected chi connectivity index (χ1v) is 33.9. The van der Waals surface area contributed by atoms with Gasteiger partial charge in [0.2, 0.25) is 0 Å². The summed E-state index contributed by atoms with van der Waals surface area (Å²) in [4.78, 5) is 64.5. The van der Waals surface area contributed by atoms with E-state index in [2.05, 4.69) is 9.80 Å². The third kappa shape index (κ3) is 8.13. The summed E-state index contributed by atoms with van der Waals surface area (Å²) in [6.07, 6.45) is -14.4. The van der Waals surface area contributed by atoms with Gasteiger partial charge in [0.1, 0.15) is 47.8 Å². The van der Waals surface area contributed by atoms with Crippen molar-refractivity contribution in [3.8, 4) is 0 Å². The van der Waals surface area contributed by atoms with Gasteiger partial charge in [-0.05, 0) is 74.9 Å². The first-order valence-electron chi connectivity index (χ1n) is 33.9. The number of methoxy groups -OCH3 is 8. The van der Waals surface area contributed by atoms with Gasteiger partial charge in [0, 0.05) is 165 Å². The molecule has 94 heavy (non-hydrogen) atoms. The number of ether oxygens (including phenoxy) is 12. The van der Waals surface area contributed by atoms with Crippen molar-refractivity contribution >= 4 is 23.9 Å². The number of aliphatic hydroxyl groups is 6. The molecule has 24 heteroatoms. The number of rotatable bonds is 23. The Bertz CT molecular complexity index is 3000. The largest absolute Gasteiger partial charge is 0.455 e. The summed E-state index contributed by atoms with van der Waals surface area (Å²) in [6.45, 7) is 5.92. The first-order chi connectivity index (χ1) is 45.1. The zero-order valence-electron chi connectivity index (χ0n) is 55.5. The Labute approximate surface area is 548 Å².